The third-order valence-electron chi connectivity index (χ3n) is 6.98. The number of nitrogens with one attached hydrogen (secondary N) is 1. The molecule has 0 radical (unpaired) electrons. The highest BCUT2D eigenvalue weighted by molar-refractivity contribution is 6.30. The minimum absolute atomic E-state index is 0.339. The molecule has 10 heteroatoms. The first kappa shape index (κ1) is 24.4. The topological polar surface area (TPSA) is 94.4 Å². The van der Waals surface area contributed by atoms with Crippen molar-refractivity contribution in [1.82, 2.24) is 30.6 Å². The Kier molecular flexibility index (Phi) is 6.70. The molecular formula is C28H27ClN6O3. The fraction of sp³-hybridized carbons (Fsp3) is 0.286. The number of aryl methyl sites for hydroxylation is 1. The number of hydrogen-bond acceptors (Lipinski definition) is 7. The number of hydrogen-bond donors (Lipinski definition) is 1. The van der Waals surface area contributed by atoms with E-state index in [9.17, 15) is 4.79 Å². The van der Waals surface area contributed by atoms with Gasteiger partial charge in [-0.25, -0.2) is 9.80 Å². The van der Waals surface area contributed by atoms with Crippen LogP contribution in [0.2, 0.25) is 5.02 Å². The Hall–Kier alpha value is -3.95. The standard InChI is InChI=1S/C28H27ClN6O3/c1-2-37-28(36)32-34-15-12-18(13-16-34)26-21-10-8-20(29)17-19(21)7-9-22-25(11-14-30-27(22)26)38-35-24-6-4-3-5-23(24)31-33-35/h3-6,8,10-11,14,17H,2,7,9,12-13,15-16H2,1H3,(H,32,36). The minimum Gasteiger partial charge on any atom is -0.449 e. The van der Waals surface area contributed by atoms with Crippen LogP contribution >= 0.6 is 11.6 Å². The van der Waals surface area contributed by atoms with E-state index in [1.54, 1.807) is 13.1 Å². The van der Waals surface area contributed by atoms with Gasteiger partial charge < -0.3 is 9.57 Å². The average Bonchev–Trinajstić information content (AvgIpc) is 3.25. The van der Waals surface area contributed by atoms with Gasteiger partial charge in [-0.05, 0) is 73.2 Å². The molecule has 0 bridgehead atoms. The molecule has 0 atom stereocenters. The summed E-state index contributed by atoms with van der Waals surface area (Å²) >= 11 is 6.42. The Morgan fingerprint density at radius 2 is 1.92 bits per heavy atom. The van der Waals surface area contributed by atoms with Crippen molar-refractivity contribution in [3.63, 3.8) is 0 Å². The summed E-state index contributed by atoms with van der Waals surface area (Å²) in [6, 6.07) is 15.7. The number of benzene rings is 2. The largest absolute Gasteiger partial charge is 0.449 e. The Morgan fingerprint density at radius 1 is 1.08 bits per heavy atom. The number of hydrazine groups is 1. The number of rotatable bonds is 4. The summed E-state index contributed by atoms with van der Waals surface area (Å²) < 4.78 is 5.04. The zero-order valence-electron chi connectivity index (χ0n) is 21.0. The molecule has 0 unspecified atom stereocenters. The Bertz CT molecular complexity index is 1540. The summed E-state index contributed by atoms with van der Waals surface area (Å²) in [6.07, 6.45) is 4.47. The van der Waals surface area contributed by atoms with Crippen molar-refractivity contribution in [3.05, 3.63) is 87.7 Å². The van der Waals surface area contributed by atoms with E-state index < -0.39 is 6.09 Å². The lowest BCUT2D eigenvalue weighted by Gasteiger charge is -2.30. The Labute approximate surface area is 224 Å². The maximum absolute atomic E-state index is 11.9. The van der Waals surface area contributed by atoms with Crippen molar-refractivity contribution in [3.8, 4) is 5.75 Å². The summed E-state index contributed by atoms with van der Waals surface area (Å²) in [6.45, 7) is 3.49. The summed E-state index contributed by atoms with van der Waals surface area (Å²) in [5.74, 6) is 0.698. The van der Waals surface area contributed by atoms with E-state index in [1.807, 2.05) is 47.5 Å². The Morgan fingerprint density at radius 3 is 2.76 bits per heavy atom. The third-order valence-corrected chi connectivity index (χ3v) is 7.22. The minimum atomic E-state index is -0.424. The number of carbonyl (C=O) groups is 1. The maximum Gasteiger partial charge on any atom is 0.421 e. The molecule has 2 aromatic carbocycles. The van der Waals surface area contributed by atoms with Gasteiger partial charge in [-0.2, -0.15) is 0 Å². The highest BCUT2D eigenvalue weighted by Gasteiger charge is 2.28. The number of ether oxygens (including phenoxy) is 1. The number of halogens is 1. The first-order chi connectivity index (χ1) is 18.6. The number of para-hydroxylation sites is 1. The lowest BCUT2D eigenvalue weighted by Crippen LogP contribution is -2.45. The molecule has 2 aliphatic rings. The highest BCUT2D eigenvalue weighted by atomic mass is 35.5. The molecule has 6 rings (SSSR count). The van der Waals surface area contributed by atoms with Crippen LogP contribution in [-0.4, -0.2) is 50.9 Å². The molecule has 0 spiro atoms. The smallest absolute Gasteiger partial charge is 0.421 e. The fourth-order valence-corrected chi connectivity index (χ4v) is 5.41. The van der Waals surface area contributed by atoms with Crippen molar-refractivity contribution in [2.75, 3.05) is 19.7 Å². The number of nitrogens with zero attached hydrogens (tertiary/aromatic N) is 5. The number of aromatic nitrogens is 4. The van der Waals surface area contributed by atoms with Crippen LogP contribution < -0.4 is 10.3 Å². The van der Waals surface area contributed by atoms with Crippen molar-refractivity contribution >= 4 is 34.3 Å². The molecule has 38 heavy (non-hydrogen) atoms. The molecule has 1 N–H and O–H groups in total. The van der Waals surface area contributed by atoms with E-state index in [1.165, 1.54) is 16.0 Å². The number of piperidine rings is 1. The van der Waals surface area contributed by atoms with Crippen molar-refractivity contribution in [2.24, 2.45) is 0 Å². The van der Waals surface area contributed by atoms with Gasteiger partial charge >= 0.3 is 6.09 Å². The molecule has 1 saturated heterocycles. The quantitative estimate of drug-likeness (QED) is 0.397. The molecular weight excluding hydrogens is 504 g/mol. The lowest BCUT2D eigenvalue weighted by molar-refractivity contribution is 0.105. The second kappa shape index (κ2) is 10.4. The summed E-state index contributed by atoms with van der Waals surface area (Å²) in [5, 5.41) is 11.1. The van der Waals surface area contributed by atoms with Gasteiger partial charge in [0.05, 0.1) is 12.3 Å². The van der Waals surface area contributed by atoms with Gasteiger partial charge in [0, 0.05) is 41.5 Å². The normalized spacial score (nSPS) is 15.5. The zero-order chi connectivity index (χ0) is 26.1. The molecule has 0 saturated carbocycles. The molecule has 1 fully saturated rings. The third kappa shape index (κ3) is 4.70. The van der Waals surface area contributed by atoms with Crippen LogP contribution in [0.3, 0.4) is 0 Å². The van der Waals surface area contributed by atoms with Gasteiger partial charge in [-0.3, -0.25) is 10.4 Å². The van der Waals surface area contributed by atoms with Gasteiger partial charge in [0.1, 0.15) is 11.0 Å². The molecule has 1 aliphatic heterocycles. The van der Waals surface area contributed by atoms with Crippen molar-refractivity contribution < 1.29 is 14.4 Å². The van der Waals surface area contributed by atoms with E-state index in [-0.39, 0.29) is 0 Å². The second-order valence-corrected chi connectivity index (χ2v) is 9.71. The number of carbonyl (C=O) groups excluding carboxylic acids is 1. The van der Waals surface area contributed by atoms with E-state index in [4.69, 9.17) is 26.2 Å². The highest BCUT2D eigenvalue weighted by Crippen LogP contribution is 2.41. The van der Waals surface area contributed by atoms with Crippen LogP contribution in [-0.2, 0) is 17.6 Å². The van der Waals surface area contributed by atoms with Gasteiger partial charge in [0.25, 0.3) is 0 Å². The SMILES string of the molecule is CCOC(=O)NN1CCC(=C2c3ccc(Cl)cc3CCc3c(On4nnc5ccccc54)ccnc32)CC1. The molecule has 2 aromatic heterocycles. The second-order valence-electron chi connectivity index (χ2n) is 9.28. The van der Waals surface area contributed by atoms with Crippen LogP contribution in [0.5, 0.6) is 5.75 Å². The number of amides is 1. The van der Waals surface area contributed by atoms with E-state index >= 15 is 0 Å². The maximum atomic E-state index is 11.9. The van der Waals surface area contributed by atoms with Gasteiger partial charge in [0.15, 0.2) is 5.75 Å². The Balaban J connectivity index is 1.39. The average molecular weight is 531 g/mol. The monoisotopic (exact) mass is 530 g/mol. The molecule has 9 nitrogen and oxygen atoms in total. The van der Waals surface area contributed by atoms with Gasteiger partial charge in [-0.15, -0.1) is 5.10 Å². The lowest BCUT2D eigenvalue weighted by atomic mass is 9.89. The van der Waals surface area contributed by atoms with Crippen LogP contribution in [0.4, 0.5) is 4.79 Å². The van der Waals surface area contributed by atoms with E-state index in [0.717, 1.165) is 59.1 Å². The summed E-state index contributed by atoms with van der Waals surface area (Å²) in [7, 11) is 0. The van der Waals surface area contributed by atoms with Crippen LogP contribution in [0.15, 0.2) is 60.3 Å². The zero-order valence-corrected chi connectivity index (χ0v) is 21.7. The van der Waals surface area contributed by atoms with Crippen molar-refractivity contribution in [1.29, 1.82) is 0 Å². The van der Waals surface area contributed by atoms with Crippen LogP contribution in [0.25, 0.3) is 16.6 Å². The summed E-state index contributed by atoms with van der Waals surface area (Å²) in [4.78, 5) is 24.6. The first-order valence-electron chi connectivity index (χ1n) is 12.8. The van der Waals surface area contributed by atoms with E-state index in [0.29, 0.717) is 30.5 Å². The van der Waals surface area contributed by atoms with Crippen LogP contribution in [0, 0.1) is 0 Å². The summed E-state index contributed by atoms with van der Waals surface area (Å²) in [5.41, 5.74) is 11.1. The predicted molar refractivity (Wildman–Crippen MR) is 144 cm³/mol. The molecule has 194 valence electrons. The number of fused-ring (bicyclic) bond motifs is 3. The van der Waals surface area contributed by atoms with Gasteiger partial charge in [0.2, 0.25) is 0 Å². The van der Waals surface area contributed by atoms with Gasteiger partial charge in [-0.1, -0.05) is 40.2 Å². The fourth-order valence-electron chi connectivity index (χ4n) is 5.21. The van der Waals surface area contributed by atoms with E-state index in [2.05, 4.69) is 21.8 Å². The molecule has 3 heterocycles. The first-order valence-corrected chi connectivity index (χ1v) is 13.1. The molecule has 1 aliphatic carbocycles. The van der Waals surface area contributed by atoms with Crippen LogP contribution in [0.1, 0.15) is 42.1 Å². The molecule has 4 aromatic rings. The predicted octanol–water partition coefficient (Wildman–Crippen LogP) is 4.98. The molecule has 1 amide bonds. The number of pyridine rings is 1. The van der Waals surface area contributed by atoms with Crippen molar-refractivity contribution in [2.45, 2.75) is 32.6 Å².